The van der Waals surface area contributed by atoms with Crippen molar-refractivity contribution in [3.05, 3.63) is 109 Å². The van der Waals surface area contributed by atoms with Gasteiger partial charge in [0.25, 0.3) is 0 Å². The van der Waals surface area contributed by atoms with Crippen molar-refractivity contribution in [2.45, 2.75) is 0 Å². The third kappa shape index (κ3) is 6.12. The second-order valence-corrected chi connectivity index (χ2v) is 11.1. The molecule has 4 atom stereocenters. The van der Waals surface area contributed by atoms with Gasteiger partial charge in [0.15, 0.2) is 13.9 Å². The highest BCUT2D eigenvalue weighted by molar-refractivity contribution is 7.73. The first-order chi connectivity index (χ1) is 20.1. The van der Waals surface area contributed by atoms with Crippen LogP contribution in [0.15, 0.2) is 109 Å². The molecule has 0 aliphatic heterocycles. The molecular weight excluding hydrogens is 527 g/mol. The molecule has 0 nitrogen and oxygen atoms in total. The number of hydrogen-bond acceptors (Lipinski definition) is 0. The molecule has 0 aliphatic rings. The SMILES string of the molecule is [2H]B(P)c1ccc(-c2cc(-c3ccc(P([2H])[B])cc3)c(-c3ccc(P([2H])[B])cc3)cc2-c2ccc(B([2H])P)cc2)cc1. The first kappa shape index (κ1) is 22.9. The van der Waals surface area contributed by atoms with Crippen LogP contribution < -0.4 is 21.5 Å². The van der Waals surface area contributed by atoms with Crippen LogP contribution in [-0.2, 0) is 0 Å². The summed E-state index contributed by atoms with van der Waals surface area (Å²) >= 11 is 0. The van der Waals surface area contributed by atoms with E-state index in [9.17, 15) is 0 Å². The Labute approximate surface area is 244 Å². The van der Waals surface area contributed by atoms with Gasteiger partial charge in [-0.05, 0) is 69.9 Å². The molecule has 5 rings (SSSR count). The van der Waals surface area contributed by atoms with Crippen LogP contribution in [0.5, 0.6) is 0 Å². The Bertz CT molecular complexity index is 1420. The monoisotopic (exact) mass is 558 g/mol. The van der Waals surface area contributed by atoms with Crippen LogP contribution in [0.4, 0.5) is 0 Å². The molecule has 0 amide bonds. The van der Waals surface area contributed by atoms with Gasteiger partial charge in [-0.15, -0.1) is 16.8 Å². The molecule has 4 unspecified atom stereocenters. The summed E-state index contributed by atoms with van der Waals surface area (Å²) in [6.45, 7) is -0.780. The van der Waals surface area contributed by atoms with Crippen LogP contribution in [0.1, 0.15) is 0 Å². The summed E-state index contributed by atoms with van der Waals surface area (Å²) in [5, 5.41) is 1.62. The lowest BCUT2D eigenvalue weighted by Crippen LogP contribution is -2.07. The Balaban J connectivity index is 1.78. The molecule has 0 bridgehead atoms. The van der Waals surface area contributed by atoms with Crippen LogP contribution in [0.3, 0.4) is 0 Å². The van der Waals surface area contributed by atoms with E-state index in [1.165, 1.54) is 0 Å². The van der Waals surface area contributed by atoms with Crippen LogP contribution >= 0.6 is 35.0 Å². The Morgan fingerprint density at radius 1 is 0.500 bits per heavy atom. The average molecular weight is 558 g/mol. The molecule has 8 heteroatoms. The largest absolute Gasteiger partial charge is 0.180 e. The Morgan fingerprint density at radius 2 is 0.763 bits per heavy atom. The summed E-state index contributed by atoms with van der Waals surface area (Å²) < 4.78 is 32.1. The lowest BCUT2D eigenvalue weighted by Gasteiger charge is -2.19. The minimum absolute atomic E-state index is 0.390. The van der Waals surface area contributed by atoms with Gasteiger partial charge in [-0.1, -0.05) is 108 Å². The van der Waals surface area contributed by atoms with E-state index in [-0.39, 0.29) is 0 Å². The highest BCUT2D eigenvalue weighted by Gasteiger charge is 2.16. The number of rotatable bonds is 8. The van der Waals surface area contributed by atoms with Crippen molar-refractivity contribution in [2.24, 2.45) is 0 Å². The van der Waals surface area contributed by atoms with Gasteiger partial charge in [0, 0.05) is 0 Å². The molecule has 0 fully saturated rings. The maximum Gasteiger partial charge on any atom is 0.180 e. The predicted molar refractivity (Wildman–Crippen MR) is 189 cm³/mol. The molecule has 178 valence electrons. The molecule has 5 aromatic rings. The fourth-order valence-corrected chi connectivity index (χ4v) is 5.64. The van der Waals surface area contributed by atoms with E-state index >= 15 is 0 Å². The molecule has 0 spiro atoms. The lowest BCUT2D eigenvalue weighted by atomic mass is 9.84. The van der Waals surface area contributed by atoms with Crippen molar-refractivity contribution >= 4 is 85.6 Å². The molecular formula is C30H26B4P4. The van der Waals surface area contributed by atoms with Crippen molar-refractivity contribution in [2.75, 3.05) is 0 Å². The summed E-state index contributed by atoms with van der Waals surface area (Å²) in [5.41, 5.74) is 10.1. The highest BCUT2D eigenvalue weighted by Crippen LogP contribution is 2.42. The second kappa shape index (κ2) is 13.0. The molecule has 0 saturated carbocycles. The minimum atomic E-state index is -1.44. The maximum absolute atomic E-state index is 8.09. The molecule has 0 aliphatic carbocycles. The molecule has 38 heavy (non-hydrogen) atoms. The second-order valence-electron chi connectivity index (χ2n) is 8.87. The quantitative estimate of drug-likeness (QED) is 0.189. The Kier molecular flexibility index (Phi) is 7.79. The smallest absolute Gasteiger partial charge is 0.169 e. The van der Waals surface area contributed by atoms with E-state index < -0.39 is 30.7 Å². The third-order valence-corrected chi connectivity index (χ3v) is 8.60. The molecule has 5 aromatic carbocycles. The van der Waals surface area contributed by atoms with Gasteiger partial charge in [0.05, 0.1) is 2.56 Å². The van der Waals surface area contributed by atoms with E-state index in [2.05, 4.69) is 54.6 Å². The van der Waals surface area contributed by atoms with E-state index in [1.807, 2.05) is 72.8 Å². The van der Waals surface area contributed by atoms with Crippen molar-refractivity contribution in [3.8, 4) is 44.5 Å². The topological polar surface area (TPSA) is 0 Å². The van der Waals surface area contributed by atoms with Crippen molar-refractivity contribution in [1.29, 1.82) is 5.23 Å². The summed E-state index contributed by atoms with van der Waals surface area (Å²) in [7, 11) is 13.9. The van der Waals surface area contributed by atoms with Gasteiger partial charge in [-0.3, -0.25) is 0 Å². The zero-order valence-corrected chi connectivity index (χ0v) is 24.8. The van der Waals surface area contributed by atoms with E-state index in [1.54, 1.807) is 0 Å². The van der Waals surface area contributed by atoms with Gasteiger partial charge >= 0.3 is 0 Å². The van der Waals surface area contributed by atoms with E-state index in [0.29, 0.717) is 0 Å². The first-order valence-corrected chi connectivity index (χ1v) is 15.4. The Hall–Kier alpha value is -1.92. The van der Waals surface area contributed by atoms with Gasteiger partial charge in [-0.2, -0.15) is 18.2 Å². The van der Waals surface area contributed by atoms with Crippen LogP contribution in [0, 0.1) is 0 Å². The number of benzene rings is 5. The average Bonchev–Trinajstić information content (AvgIpc) is 3.00. The van der Waals surface area contributed by atoms with Gasteiger partial charge in [0.1, 0.15) is 15.1 Å². The molecule has 0 saturated heterocycles. The Morgan fingerprint density at radius 3 is 1.00 bits per heavy atom. The standard InChI is InChI=1S/C30H26B4P4/c31-37-25-13-5-21(6-14-25)29-17-27(19-1-9-23(33-35)10-2-19)28(20-3-11-24(34-36)12-4-20)18-30(29)22-7-15-26(38-32)16-8-22/h1-18,33-34,37-38H,35-36H2/i33D,34D,37D,38D. The van der Waals surface area contributed by atoms with E-state index in [4.69, 9.17) is 20.4 Å². The summed E-state index contributed by atoms with van der Waals surface area (Å²) in [6.07, 6.45) is 0. The van der Waals surface area contributed by atoms with Crippen molar-refractivity contribution in [3.63, 3.8) is 0 Å². The highest BCUT2D eigenvalue weighted by atomic mass is 31.1. The van der Waals surface area contributed by atoms with Crippen molar-refractivity contribution < 1.29 is 0 Å². The molecule has 4 radical (unpaired) electrons. The van der Waals surface area contributed by atoms with Crippen LogP contribution in [0.25, 0.3) is 44.5 Å². The minimum Gasteiger partial charge on any atom is -0.169 e. The zero-order chi connectivity index (χ0) is 30.0. The number of hydrogen-bond donors (Lipinski definition) is 0. The molecule has 0 N–H and O–H groups in total. The maximum atomic E-state index is 8.09. The van der Waals surface area contributed by atoms with Gasteiger partial charge < -0.3 is 0 Å². The van der Waals surface area contributed by atoms with Crippen molar-refractivity contribution in [1.82, 2.24) is 0 Å². The van der Waals surface area contributed by atoms with E-state index in [0.717, 1.165) is 66.0 Å². The normalized spacial score (nSPS) is 13.9. The fourth-order valence-electron chi connectivity index (χ4n) is 4.56. The third-order valence-electron chi connectivity index (χ3n) is 6.64. The summed E-state index contributed by atoms with van der Waals surface area (Å²) in [4.78, 5) is 0. The van der Waals surface area contributed by atoms with Crippen LogP contribution in [0.2, 0.25) is 0 Å². The first-order valence-electron chi connectivity index (χ1n) is 14.2. The fraction of sp³-hybridized carbons (Fsp3) is 0. The molecule has 0 aromatic heterocycles. The van der Waals surface area contributed by atoms with Gasteiger partial charge in [0.2, 0.25) is 0 Å². The predicted octanol–water partition coefficient (Wildman–Crippen LogP) is 4.83. The summed E-state index contributed by atoms with van der Waals surface area (Å²) in [5.74, 6) is 0. The summed E-state index contributed by atoms with van der Waals surface area (Å²) in [6, 6.07) is 36.5. The van der Waals surface area contributed by atoms with Crippen LogP contribution in [-0.4, -0.2) is 34.3 Å². The zero-order valence-electron chi connectivity index (χ0n) is 24.8. The lowest BCUT2D eigenvalue weighted by molar-refractivity contribution is 1.56. The molecule has 0 heterocycles. The van der Waals surface area contributed by atoms with Gasteiger partial charge in [-0.25, -0.2) is 0 Å².